The van der Waals surface area contributed by atoms with Gasteiger partial charge in [-0.05, 0) is 52.4 Å². The molecule has 1 aliphatic rings. The van der Waals surface area contributed by atoms with Crippen LogP contribution in [0.5, 0.6) is 5.75 Å². The number of likely N-dealkylation sites (tertiary alicyclic amines) is 1. The van der Waals surface area contributed by atoms with Gasteiger partial charge < -0.3 is 34.6 Å². The van der Waals surface area contributed by atoms with Gasteiger partial charge in [0.1, 0.15) is 36.2 Å². The van der Waals surface area contributed by atoms with Crippen molar-refractivity contribution < 1.29 is 28.3 Å². The van der Waals surface area contributed by atoms with E-state index in [0.717, 1.165) is 0 Å². The SMILES string of the molecule is CNC[C@H](O)COc1ccc(Cl)c(-c2nc(N[C@H]3CCN(C(=O)OC)C[C@H]3F)c(C)c(-c3c(C)noc3C)n2)c1. The van der Waals surface area contributed by atoms with Gasteiger partial charge in [-0.25, -0.2) is 19.2 Å². The van der Waals surface area contributed by atoms with E-state index in [-0.39, 0.29) is 19.0 Å². The molecule has 0 spiro atoms. The van der Waals surface area contributed by atoms with Crippen LogP contribution in [0.4, 0.5) is 15.0 Å². The molecule has 1 saturated heterocycles. The quantitative estimate of drug-likeness (QED) is 0.344. The molecule has 3 aromatic rings. The molecule has 1 fully saturated rings. The second kappa shape index (κ2) is 12.8. The highest BCUT2D eigenvalue weighted by Gasteiger charge is 2.33. The van der Waals surface area contributed by atoms with Gasteiger partial charge in [0.25, 0.3) is 0 Å². The van der Waals surface area contributed by atoms with Gasteiger partial charge in [-0.3, -0.25) is 0 Å². The van der Waals surface area contributed by atoms with Gasteiger partial charge in [0, 0.05) is 24.2 Å². The lowest BCUT2D eigenvalue weighted by molar-refractivity contribution is 0.0871. The molecule has 3 heterocycles. The Morgan fingerprint density at radius 2 is 2.10 bits per heavy atom. The number of likely N-dealkylation sites (N-methyl/N-ethyl adjacent to an activating group) is 1. The minimum atomic E-state index is -1.35. The zero-order valence-corrected chi connectivity index (χ0v) is 23.9. The number of benzene rings is 1. The predicted molar refractivity (Wildman–Crippen MR) is 149 cm³/mol. The van der Waals surface area contributed by atoms with Crippen LogP contribution in [0.15, 0.2) is 22.7 Å². The number of piperidine rings is 1. The van der Waals surface area contributed by atoms with E-state index < -0.39 is 24.4 Å². The second-order valence-electron chi connectivity index (χ2n) is 9.70. The normalized spacial score (nSPS) is 17.9. The van der Waals surface area contributed by atoms with Gasteiger partial charge in [-0.15, -0.1) is 0 Å². The molecule has 13 heteroatoms. The number of nitrogens with zero attached hydrogens (tertiary/aromatic N) is 4. The van der Waals surface area contributed by atoms with Crippen molar-refractivity contribution in [3.63, 3.8) is 0 Å². The molecule has 3 atom stereocenters. The van der Waals surface area contributed by atoms with Crippen molar-refractivity contribution in [2.75, 3.05) is 45.7 Å². The Balaban J connectivity index is 1.72. The van der Waals surface area contributed by atoms with Crippen molar-refractivity contribution in [3.8, 4) is 28.4 Å². The number of rotatable bonds is 9. The molecule has 0 aliphatic carbocycles. The van der Waals surface area contributed by atoms with Gasteiger partial charge >= 0.3 is 6.09 Å². The van der Waals surface area contributed by atoms with Crippen LogP contribution in [-0.2, 0) is 4.74 Å². The van der Waals surface area contributed by atoms with Crippen LogP contribution in [-0.4, -0.2) is 89.9 Å². The van der Waals surface area contributed by atoms with E-state index in [1.165, 1.54) is 12.0 Å². The number of carbonyl (C=O) groups is 1. The fourth-order valence-electron chi connectivity index (χ4n) is 4.63. The summed E-state index contributed by atoms with van der Waals surface area (Å²) >= 11 is 6.59. The maximum Gasteiger partial charge on any atom is 0.409 e. The fourth-order valence-corrected chi connectivity index (χ4v) is 4.83. The number of carbonyl (C=O) groups excluding carboxylic acids is 1. The molecule has 0 bridgehead atoms. The average molecular weight is 577 g/mol. The third kappa shape index (κ3) is 6.45. The van der Waals surface area contributed by atoms with Gasteiger partial charge in [0.15, 0.2) is 5.82 Å². The standard InChI is InChI=1S/C27H34ClFN6O5/c1-14-24(23-15(2)34-40-16(23)3)32-26(19-10-18(6-7-20(19)28)39-13-17(36)11-30-4)33-25(14)31-22-8-9-35(12-21(22)29)27(37)38-5/h6-7,10,17,21-22,30,36H,8-9,11-13H2,1-5H3,(H,31,32,33)/t17-,21+,22-/m0/s1. The van der Waals surface area contributed by atoms with E-state index in [9.17, 15) is 9.90 Å². The highest BCUT2D eigenvalue weighted by molar-refractivity contribution is 6.33. The molecule has 0 radical (unpaired) electrons. The number of methoxy groups -OCH3 is 1. The molecule has 40 heavy (non-hydrogen) atoms. The summed E-state index contributed by atoms with van der Waals surface area (Å²) in [7, 11) is 3.02. The van der Waals surface area contributed by atoms with Crippen LogP contribution in [0.1, 0.15) is 23.4 Å². The van der Waals surface area contributed by atoms with Crippen molar-refractivity contribution in [1.82, 2.24) is 25.3 Å². The van der Waals surface area contributed by atoms with Crippen LogP contribution in [0.2, 0.25) is 5.02 Å². The summed E-state index contributed by atoms with van der Waals surface area (Å²) < 4.78 is 31.1. The maximum absolute atomic E-state index is 15.2. The molecule has 4 rings (SSSR count). The monoisotopic (exact) mass is 576 g/mol. The van der Waals surface area contributed by atoms with Crippen molar-refractivity contribution in [2.24, 2.45) is 0 Å². The highest BCUT2D eigenvalue weighted by atomic mass is 35.5. The Morgan fingerprint density at radius 3 is 2.75 bits per heavy atom. The number of ether oxygens (including phenoxy) is 2. The van der Waals surface area contributed by atoms with Crippen LogP contribution >= 0.6 is 11.6 Å². The van der Waals surface area contributed by atoms with E-state index >= 15 is 4.39 Å². The Hall–Kier alpha value is -3.48. The predicted octanol–water partition coefficient (Wildman–Crippen LogP) is 3.93. The largest absolute Gasteiger partial charge is 0.491 e. The molecule has 1 aromatic carbocycles. The third-order valence-corrected chi connectivity index (χ3v) is 7.10. The fraction of sp³-hybridized carbons (Fsp3) is 0.481. The van der Waals surface area contributed by atoms with Gasteiger partial charge in [0.05, 0.1) is 41.7 Å². The molecular formula is C27H34ClFN6O5. The third-order valence-electron chi connectivity index (χ3n) is 6.77. The number of aliphatic hydroxyl groups is 1. The lowest BCUT2D eigenvalue weighted by atomic mass is 10.0. The lowest BCUT2D eigenvalue weighted by Crippen LogP contribution is -2.50. The number of nitrogens with one attached hydrogen (secondary N) is 2. The first-order valence-electron chi connectivity index (χ1n) is 12.9. The Morgan fingerprint density at radius 1 is 1.32 bits per heavy atom. The molecular weight excluding hydrogens is 543 g/mol. The van der Waals surface area contributed by atoms with Crippen LogP contribution < -0.4 is 15.4 Å². The summed E-state index contributed by atoms with van der Waals surface area (Å²) in [6.07, 6.45) is -2.25. The lowest BCUT2D eigenvalue weighted by Gasteiger charge is -2.34. The Kier molecular flexibility index (Phi) is 9.44. The van der Waals surface area contributed by atoms with Crippen molar-refractivity contribution in [3.05, 3.63) is 40.2 Å². The van der Waals surface area contributed by atoms with E-state index in [1.54, 1.807) is 32.2 Å². The Labute approximate surface area is 237 Å². The summed E-state index contributed by atoms with van der Waals surface area (Å²) in [6, 6.07) is 4.47. The molecule has 1 aliphatic heterocycles. The van der Waals surface area contributed by atoms with E-state index in [1.807, 2.05) is 13.8 Å². The molecule has 216 valence electrons. The summed E-state index contributed by atoms with van der Waals surface area (Å²) in [5.74, 6) is 1.77. The maximum atomic E-state index is 15.2. The molecule has 3 N–H and O–H groups in total. The number of hydrogen-bond acceptors (Lipinski definition) is 10. The molecule has 2 aromatic heterocycles. The second-order valence-corrected chi connectivity index (χ2v) is 10.1. The van der Waals surface area contributed by atoms with E-state index in [0.29, 0.717) is 69.9 Å². The van der Waals surface area contributed by atoms with Crippen LogP contribution in [0.3, 0.4) is 0 Å². The number of halogens is 2. The van der Waals surface area contributed by atoms with Crippen LogP contribution in [0.25, 0.3) is 22.6 Å². The molecule has 0 saturated carbocycles. The average Bonchev–Trinajstić information content (AvgIpc) is 3.27. The minimum absolute atomic E-state index is 0.0793. The smallest absolute Gasteiger partial charge is 0.409 e. The summed E-state index contributed by atoms with van der Waals surface area (Å²) in [5.41, 5.74) is 3.10. The highest BCUT2D eigenvalue weighted by Crippen LogP contribution is 2.36. The zero-order chi connectivity index (χ0) is 29.0. The number of aromatic nitrogens is 3. The minimum Gasteiger partial charge on any atom is -0.491 e. The zero-order valence-electron chi connectivity index (χ0n) is 23.1. The first kappa shape index (κ1) is 29.5. The Bertz CT molecular complexity index is 1340. The van der Waals surface area contributed by atoms with Gasteiger partial charge in [0.2, 0.25) is 0 Å². The summed E-state index contributed by atoms with van der Waals surface area (Å²) in [4.78, 5) is 22.8. The van der Waals surface area contributed by atoms with Gasteiger partial charge in [-0.2, -0.15) is 0 Å². The number of amides is 1. The molecule has 1 amide bonds. The summed E-state index contributed by atoms with van der Waals surface area (Å²) in [6.45, 7) is 6.15. The molecule has 11 nitrogen and oxygen atoms in total. The number of alkyl halides is 1. The van der Waals surface area contributed by atoms with Crippen molar-refractivity contribution in [2.45, 2.75) is 45.5 Å². The number of aryl methyl sites for hydroxylation is 2. The van der Waals surface area contributed by atoms with Crippen molar-refractivity contribution >= 4 is 23.5 Å². The summed E-state index contributed by atoms with van der Waals surface area (Å²) in [5, 5.41) is 20.6. The number of anilines is 1. The topological polar surface area (TPSA) is 135 Å². The molecule has 0 unspecified atom stereocenters. The number of hydrogen-bond donors (Lipinski definition) is 3. The van der Waals surface area contributed by atoms with Gasteiger partial charge in [-0.1, -0.05) is 16.8 Å². The van der Waals surface area contributed by atoms with E-state index in [4.69, 9.17) is 35.6 Å². The van der Waals surface area contributed by atoms with E-state index in [2.05, 4.69) is 15.8 Å². The van der Waals surface area contributed by atoms with Crippen LogP contribution in [0, 0.1) is 20.8 Å². The number of aliphatic hydroxyl groups excluding tert-OH is 1. The van der Waals surface area contributed by atoms with Crippen molar-refractivity contribution in [1.29, 1.82) is 0 Å². The first-order chi connectivity index (χ1) is 19.1. The first-order valence-corrected chi connectivity index (χ1v) is 13.3.